The third-order valence-corrected chi connectivity index (χ3v) is 5.11. The summed E-state index contributed by atoms with van der Waals surface area (Å²) >= 11 is 0. The van der Waals surface area contributed by atoms with E-state index in [9.17, 15) is 19.8 Å². The van der Waals surface area contributed by atoms with Gasteiger partial charge in [-0.3, -0.25) is 9.59 Å². The quantitative estimate of drug-likeness (QED) is 0.738. The van der Waals surface area contributed by atoms with Crippen LogP contribution in [0.1, 0.15) is 52.4 Å². The number of aliphatic carboxylic acids is 1. The SMILES string of the molecule is CC1C[C@H](C(=O)NCC2(O)CCCC(C)C2)[C@H](C(=O)O)C1. The van der Waals surface area contributed by atoms with Gasteiger partial charge >= 0.3 is 5.97 Å². The van der Waals surface area contributed by atoms with Crippen LogP contribution in [-0.2, 0) is 9.59 Å². The Bertz CT molecular complexity index is 411. The van der Waals surface area contributed by atoms with Crippen LogP contribution in [0, 0.1) is 23.7 Å². The number of rotatable bonds is 4. The van der Waals surface area contributed by atoms with Gasteiger partial charge < -0.3 is 15.5 Å². The minimum absolute atomic E-state index is 0.210. The molecule has 0 aromatic heterocycles. The number of amides is 1. The predicted octanol–water partition coefficient (Wildman–Crippen LogP) is 1.79. The van der Waals surface area contributed by atoms with E-state index in [4.69, 9.17) is 0 Å². The second kappa shape index (κ2) is 6.34. The summed E-state index contributed by atoms with van der Waals surface area (Å²) in [6, 6.07) is 0. The lowest BCUT2D eigenvalue weighted by Gasteiger charge is -2.36. The van der Waals surface area contributed by atoms with Crippen molar-refractivity contribution >= 4 is 11.9 Å². The van der Waals surface area contributed by atoms with E-state index in [1.54, 1.807) is 0 Å². The molecule has 5 heteroatoms. The van der Waals surface area contributed by atoms with Crippen LogP contribution in [0.2, 0.25) is 0 Å². The summed E-state index contributed by atoms with van der Waals surface area (Å²) in [5, 5.41) is 22.6. The largest absolute Gasteiger partial charge is 0.481 e. The molecule has 5 atom stereocenters. The van der Waals surface area contributed by atoms with Gasteiger partial charge in [0.2, 0.25) is 5.91 Å². The molecule has 2 aliphatic carbocycles. The number of carbonyl (C=O) groups excluding carboxylic acids is 1. The van der Waals surface area contributed by atoms with Gasteiger partial charge in [-0.05, 0) is 37.5 Å². The van der Waals surface area contributed by atoms with Crippen molar-refractivity contribution in [1.82, 2.24) is 5.32 Å². The molecule has 0 bridgehead atoms. The first-order valence-electron chi connectivity index (χ1n) is 8.03. The Morgan fingerprint density at radius 1 is 1.19 bits per heavy atom. The van der Waals surface area contributed by atoms with Crippen molar-refractivity contribution in [2.75, 3.05) is 6.54 Å². The predicted molar refractivity (Wildman–Crippen MR) is 78.6 cm³/mol. The van der Waals surface area contributed by atoms with Crippen molar-refractivity contribution in [3.8, 4) is 0 Å². The summed E-state index contributed by atoms with van der Waals surface area (Å²) in [5.41, 5.74) is -0.823. The molecule has 0 aliphatic heterocycles. The lowest BCUT2D eigenvalue weighted by Crippen LogP contribution is -2.47. The smallest absolute Gasteiger partial charge is 0.307 e. The number of hydrogen-bond acceptors (Lipinski definition) is 3. The van der Waals surface area contributed by atoms with Crippen LogP contribution in [0.3, 0.4) is 0 Å². The van der Waals surface area contributed by atoms with Crippen molar-refractivity contribution in [3.63, 3.8) is 0 Å². The number of aliphatic hydroxyl groups is 1. The van der Waals surface area contributed by atoms with Crippen LogP contribution < -0.4 is 5.32 Å². The molecule has 3 unspecified atom stereocenters. The number of carboxylic acid groups (broad SMARTS) is 1. The van der Waals surface area contributed by atoms with E-state index in [1.165, 1.54) is 0 Å². The Kier molecular flexibility index (Phi) is 4.91. The third kappa shape index (κ3) is 3.96. The van der Waals surface area contributed by atoms with Crippen molar-refractivity contribution in [3.05, 3.63) is 0 Å². The van der Waals surface area contributed by atoms with E-state index in [-0.39, 0.29) is 18.4 Å². The molecule has 5 nitrogen and oxygen atoms in total. The Labute approximate surface area is 126 Å². The zero-order valence-corrected chi connectivity index (χ0v) is 13.0. The highest BCUT2D eigenvalue weighted by Crippen LogP contribution is 2.37. The molecule has 21 heavy (non-hydrogen) atoms. The molecule has 0 spiro atoms. The second-order valence-corrected chi connectivity index (χ2v) is 7.27. The van der Waals surface area contributed by atoms with Gasteiger partial charge in [-0.25, -0.2) is 0 Å². The molecular formula is C16H27NO4. The number of nitrogens with one attached hydrogen (secondary N) is 1. The standard InChI is InChI=1S/C16H27NO4/c1-10-4-3-5-16(21,8-10)9-17-14(18)12-6-11(2)7-13(12)15(19)20/h10-13,21H,3-9H2,1-2H3,(H,17,18)(H,19,20)/t10?,11?,12-,13+,16?/m0/s1. The van der Waals surface area contributed by atoms with E-state index in [2.05, 4.69) is 12.2 Å². The summed E-state index contributed by atoms with van der Waals surface area (Å²) in [4.78, 5) is 23.5. The van der Waals surface area contributed by atoms with Crippen molar-refractivity contribution in [2.24, 2.45) is 23.7 Å². The molecular weight excluding hydrogens is 270 g/mol. The van der Waals surface area contributed by atoms with Crippen molar-refractivity contribution in [2.45, 2.75) is 58.0 Å². The van der Waals surface area contributed by atoms with E-state index in [1.807, 2.05) is 6.92 Å². The van der Waals surface area contributed by atoms with E-state index in [0.717, 1.165) is 12.8 Å². The molecule has 1 amide bonds. The lowest BCUT2D eigenvalue weighted by molar-refractivity contribution is -0.146. The second-order valence-electron chi connectivity index (χ2n) is 7.27. The first kappa shape index (κ1) is 16.3. The summed E-state index contributed by atoms with van der Waals surface area (Å²) in [5.74, 6) is -1.40. The molecule has 2 aliphatic rings. The van der Waals surface area contributed by atoms with Gasteiger partial charge in [-0.1, -0.05) is 26.7 Å². The average molecular weight is 297 g/mol. The summed E-state index contributed by atoms with van der Waals surface area (Å²) in [7, 11) is 0. The highest BCUT2D eigenvalue weighted by Gasteiger charge is 2.42. The minimum atomic E-state index is -0.885. The number of carbonyl (C=O) groups is 2. The van der Waals surface area contributed by atoms with Crippen LogP contribution in [0.4, 0.5) is 0 Å². The molecule has 0 radical (unpaired) electrons. The molecule has 2 rings (SSSR count). The van der Waals surface area contributed by atoms with Gasteiger partial charge in [0, 0.05) is 6.54 Å². The van der Waals surface area contributed by atoms with Gasteiger partial charge in [0.15, 0.2) is 0 Å². The Hall–Kier alpha value is -1.10. The van der Waals surface area contributed by atoms with Gasteiger partial charge in [-0.2, -0.15) is 0 Å². The van der Waals surface area contributed by atoms with Crippen LogP contribution >= 0.6 is 0 Å². The molecule has 3 N–H and O–H groups in total. The first-order valence-corrected chi connectivity index (χ1v) is 8.03. The van der Waals surface area contributed by atoms with E-state index < -0.39 is 23.4 Å². The maximum Gasteiger partial charge on any atom is 0.307 e. The van der Waals surface area contributed by atoms with Crippen LogP contribution in [0.25, 0.3) is 0 Å². The average Bonchev–Trinajstić information content (AvgIpc) is 2.78. The summed E-state index contributed by atoms with van der Waals surface area (Å²) in [6.07, 6.45) is 4.70. The van der Waals surface area contributed by atoms with Crippen molar-refractivity contribution in [1.29, 1.82) is 0 Å². The van der Waals surface area contributed by atoms with Crippen LogP contribution in [0.15, 0.2) is 0 Å². The highest BCUT2D eigenvalue weighted by molar-refractivity contribution is 5.85. The summed E-state index contributed by atoms with van der Waals surface area (Å²) < 4.78 is 0. The molecule has 0 saturated heterocycles. The zero-order chi connectivity index (χ0) is 15.6. The minimum Gasteiger partial charge on any atom is -0.481 e. The van der Waals surface area contributed by atoms with Crippen LogP contribution in [-0.4, -0.2) is 34.2 Å². The fourth-order valence-corrected chi connectivity index (χ4v) is 4.03. The fourth-order valence-electron chi connectivity index (χ4n) is 4.03. The Balaban J connectivity index is 1.90. The topological polar surface area (TPSA) is 86.6 Å². The van der Waals surface area contributed by atoms with Gasteiger partial charge in [0.25, 0.3) is 0 Å². The lowest BCUT2D eigenvalue weighted by atomic mass is 9.79. The Morgan fingerprint density at radius 3 is 2.48 bits per heavy atom. The molecule has 2 saturated carbocycles. The molecule has 0 heterocycles. The van der Waals surface area contributed by atoms with Crippen molar-refractivity contribution < 1.29 is 19.8 Å². The molecule has 0 aromatic carbocycles. The molecule has 0 aromatic rings. The highest BCUT2D eigenvalue weighted by atomic mass is 16.4. The van der Waals surface area contributed by atoms with Gasteiger partial charge in [0.05, 0.1) is 17.4 Å². The molecule has 120 valence electrons. The van der Waals surface area contributed by atoms with Crippen LogP contribution in [0.5, 0.6) is 0 Å². The molecule has 2 fully saturated rings. The number of carboxylic acids is 1. The van der Waals surface area contributed by atoms with E-state index in [0.29, 0.717) is 31.6 Å². The maximum atomic E-state index is 12.3. The zero-order valence-electron chi connectivity index (χ0n) is 13.0. The third-order valence-electron chi connectivity index (χ3n) is 5.11. The number of hydrogen-bond donors (Lipinski definition) is 3. The monoisotopic (exact) mass is 297 g/mol. The first-order chi connectivity index (χ1) is 9.81. The Morgan fingerprint density at radius 2 is 1.86 bits per heavy atom. The van der Waals surface area contributed by atoms with Gasteiger partial charge in [-0.15, -0.1) is 0 Å². The normalized spacial score (nSPS) is 40.0. The van der Waals surface area contributed by atoms with E-state index >= 15 is 0 Å². The fraction of sp³-hybridized carbons (Fsp3) is 0.875. The van der Waals surface area contributed by atoms with Gasteiger partial charge in [0.1, 0.15) is 0 Å². The summed E-state index contributed by atoms with van der Waals surface area (Å²) in [6.45, 7) is 4.35. The maximum absolute atomic E-state index is 12.3.